The predicted molar refractivity (Wildman–Crippen MR) is 84.1 cm³/mol. The van der Waals surface area contributed by atoms with Gasteiger partial charge in [-0.15, -0.1) is 17.8 Å². The number of thiophene rings is 1. The second-order valence-electron chi connectivity index (χ2n) is 4.34. The van der Waals surface area contributed by atoms with E-state index in [4.69, 9.17) is 12.2 Å². The van der Waals surface area contributed by atoms with Crippen molar-refractivity contribution in [1.29, 1.82) is 0 Å². The molecule has 2 heterocycles. The van der Waals surface area contributed by atoms with E-state index in [1.54, 1.807) is 24.4 Å². The molecule has 0 atom stereocenters. The number of hydrogen-bond donors (Lipinski definition) is 1. The van der Waals surface area contributed by atoms with Gasteiger partial charge in [-0.2, -0.15) is 0 Å². The predicted octanol–water partition coefficient (Wildman–Crippen LogP) is 3.44. The van der Waals surface area contributed by atoms with Crippen molar-refractivity contribution in [1.82, 2.24) is 4.98 Å². The Balaban J connectivity index is 2.30. The maximum atomic E-state index is 10.9. The van der Waals surface area contributed by atoms with Gasteiger partial charge in [-0.3, -0.25) is 10.1 Å². The molecular formula is C15H9N3O2S. The van der Waals surface area contributed by atoms with Gasteiger partial charge in [-0.05, 0) is 17.2 Å². The minimum absolute atomic E-state index is 0.0310. The van der Waals surface area contributed by atoms with E-state index < -0.39 is 4.92 Å². The zero-order valence-electron chi connectivity index (χ0n) is 10.7. The highest BCUT2D eigenvalue weighted by atomic mass is 32.1. The summed E-state index contributed by atoms with van der Waals surface area (Å²) in [6.45, 7) is 0. The van der Waals surface area contributed by atoms with Crippen LogP contribution in [0.1, 0.15) is 4.88 Å². The van der Waals surface area contributed by atoms with Gasteiger partial charge in [0, 0.05) is 23.7 Å². The zero-order chi connectivity index (χ0) is 15.0. The van der Waals surface area contributed by atoms with Gasteiger partial charge >= 0.3 is 0 Å². The van der Waals surface area contributed by atoms with Gasteiger partial charge < -0.3 is 5.73 Å². The third kappa shape index (κ3) is 2.10. The minimum Gasteiger partial charge on any atom is -0.396 e. The monoisotopic (exact) mass is 295 g/mol. The Bertz CT molecular complexity index is 909. The molecule has 2 aromatic heterocycles. The Labute approximate surface area is 124 Å². The van der Waals surface area contributed by atoms with E-state index in [1.807, 2.05) is 0 Å². The summed E-state index contributed by atoms with van der Waals surface area (Å²) in [7, 11) is 0. The number of nitrogens with zero attached hydrogens (tertiary/aromatic N) is 2. The van der Waals surface area contributed by atoms with Gasteiger partial charge in [0.2, 0.25) is 0 Å². The molecule has 0 aliphatic rings. The van der Waals surface area contributed by atoms with Gasteiger partial charge in [-0.1, -0.05) is 18.1 Å². The van der Waals surface area contributed by atoms with E-state index in [2.05, 4.69) is 10.9 Å². The SMILES string of the molecule is C#Cc1sc2nccc(-c3cccc([N+](=O)[O-])c3)c2c1N. The minimum atomic E-state index is -0.425. The molecule has 3 rings (SSSR count). The van der Waals surface area contributed by atoms with Gasteiger partial charge in [0.05, 0.1) is 10.6 Å². The number of rotatable bonds is 2. The maximum absolute atomic E-state index is 10.9. The van der Waals surface area contributed by atoms with Crippen molar-refractivity contribution in [2.45, 2.75) is 0 Å². The highest BCUT2D eigenvalue weighted by molar-refractivity contribution is 7.20. The van der Waals surface area contributed by atoms with Crippen molar-refractivity contribution in [3.8, 4) is 23.5 Å². The van der Waals surface area contributed by atoms with Crippen molar-refractivity contribution in [3.05, 3.63) is 51.5 Å². The van der Waals surface area contributed by atoms with Crippen molar-refractivity contribution in [2.75, 3.05) is 5.73 Å². The van der Waals surface area contributed by atoms with Crippen LogP contribution in [0.3, 0.4) is 0 Å². The van der Waals surface area contributed by atoms with Gasteiger partial charge in [0.15, 0.2) is 0 Å². The van der Waals surface area contributed by atoms with Crippen molar-refractivity contribution >= 4 is 32.9 Å². The quantitative estimate of drug-likeness (QED) is 0.446. The fraction of sp³-hybridized carbons (Fsp3) is 0. The molecule has 0 radical (unpaired) electrons. The number of pyridine rings is 1. The molecule has 102 valence electrons. The molecule has 0 aliphatic carbocycles. The van der Waals surface area contributed by atoms with E-state index in [0.717, 1.165) is 15.8 Å². The first-order valence-electron chi connectivity index (χ1n) is 6.00. The molecule has 0 unspecified atom stereocenters. The molecule has 2 N–H and O–H groups in total. The van der Waals surface area contributed by atoms with Crippen LogP contribution >= 0.6 is 11.3 Å². The fourth-order valence-electron chi connectivity index (χ4n) is 2.18. The number of nitro groups is 1. The maximum Gasteiger partial charge on any atom is 0.270 e. The fourth-order valence-corrected chi connectivity index (χ4v) is 3.08. The van der Waals surface area contributed by atoms with Crippen molar-refractivity contribution < 1.29 is 4.92 Å². The summed E-state index contributed by atoms with van der Waals surface area (Å²) in [5.74, 6) is 2.54. The number of benzene rings is 1. The zero-order valence-corrected chi connectivity index (χ0v) is 11.6. The van der Waals surface area contributed by atoms with E-state index in [1.165, 1.54) is 23.5 Å². The summed E-state index contributed by atoms with van der Waals surface area (Å²) < 4.78 is 0. The lowest BCUT2D eigenvalue weighted by atomic mass is 10.0. The summed E-state index contributed by atoms with van der Waals surface area (Å²) in [4.78, 5) is 16.1. The normalized spacial score (nSPS) is 10.4. The number of hydrogen-bond acceptors (Lipinski definition) is 5. The number of non-ortho nitro benzene ring substituents is 1. The molecule has 0 bridgehead atoms. The van der Waals surface area contributed by atoms with Crippen LogP contribution in [-0.2, 0) is 0 Å². The summed E-state index contributed by atoms with van der Waals surface area (Å²) >= 11 is 1.34. The number of nitrogens with two attached hydrogens (primary N) is 1. The van der Waals surface area contributed by atoms with E-state index in [9.17, 15) is 10.1 Å². The third-order valence-electron chi connectivity index (χ3n) is 3.13. The third-order valence-corrected chi connectivity index (χ3v) is 4.17. The Hall–Kier alpha value is -2.91. The Morgan fingerprint density at radius 3 is 2.90 bits per heavy atom. The lowest BCUT2D eigenvalue weighted by Gasteiger charge is -2.04. The van der Waals surface area contributed by atoms with E-state index in [-0.39, 0.29) is 5.69 Å². The number of anilines is 1. The van der Waals surface area contributed by atoms with Crippen LogP contribution in [0.15, 0.2) is 36.5 Å². The van der Waals surface area contributed by atoms with Crippen LogP contribution in [0, 0.1) is 22.5 Å². The lowest BCUT2D eigenvalue weighted by Crippen LogP contribution is -1.90. The lowest BCUT2D eigenvalue weighted by molar-refractivity contribution is -0.384. The van der Waals surface area contributed by atoms with Crippen LogP contribution in [0.5, 0.6) is 0 Å². The standard InChI is InChI=1S/C15H9N3O2S/c1-2-12-14(16)13-11(6-7-17-15(13)21-12)9-4-3-5-10(8-9)18(19)20/h1,3-8H,16H2. The van der Waals surface area contributed by atoms with Crippen LogP contribution in [0.25, 0.3) is 21.3 Å². The molecule has 21 heavy (non-hydrogen) atoms. The number of nitrogen functional groups attached to an aromatic ring is 1. The molecule has 1 aromatic carbocycles. The largest absolute Gasteiger partial charge is 0.396 e. The van der Waals surface area contributed by atoms with Crippen LogP contribution in [0.4, 0.5) is 11.4 Å². The molecule has 5 nitrogen and oxygen atoms in total. The molecule has 3 aromatic rings. The molecule has 0 aliphatic heterocycles. The Kier molecular flexibility index (Phi) is 3.05. The first kappa shape index (κ1) is 13.1. The Morgan fingerprint density at radius 1 is 1.38 bits per heavy atom. The average Bonchev–Trinajstić information content (AvgIpc) is 2.84. The van der Waals surface area contributed by atoms with Crippen molar-refractivity contribution in [2.24, 2.45) is 0 Å². The average molecular weight is 295 g/mol. The van der Waals surface area contributed by atoms with E-state index >= 15 is 0 Å². The smallest absolute Gasteiger partial charge is 0.270 e. The van der Waals surface area contributed by atoms with E-state index in [0.29, 0.717) is 16.1 Å². The highest BCUT2D eigenvalue weighted by Crippen LogP contribution is 2.39. The molecule has 0 saturated heterocycles. The van der Waals surface area contributed by atoms with Crippen LogP contribution in [0.2, 0.25) is 0 Å². The number of aromatic nitrogens is 1. The number of fused-ring (bicyclic) bond motifs is 1. The summed E-state index contributed by atoms with van der Waals surface area (Å²) in [6, 6.07) is 8.19. The van der Waals surface area contributed by atoms with Gasteiger partial charge in [-0.25, -0.2) is 4.98 Å². The number of terminal acetylenes is 1. The topological polar surface area (TPSA) is 82.0 Å². The molecule has 0 amide bonds. The summed E-state index contributed by atoms with van der Waals surface area (Å²) in [5.41, 5.74) is 8.11. The first-order valence-corrected chi connectivity index (χ1v) is 6.82. The first-order chi connectivity index (χ1) is 10.1. The summed E-state index contributed by atoms with van der Waals surface area (Å²) in [5, 5.41) is 11.7. The second-order valence-corrected chi connectivity index (χ2v) is 5.33. The molecule has 0 fully saturated rings. The molecule has 0 spiro atoms. The molecular weight excluding hydrogens is 286 g/mol. The van der Waals surface area contributed by atoms with Crippen molar-refractivity contribution in [3.63, 3.8) is 0 Å². The number of nitro benzene ring substituents is 1. The van der Waals surface area contributed by atoms with Gasteiger partial charge in [0.25, 0.3) is 5.69 Å². The Morgan fingerprint density at radius 2 is 2.19 bits per heavy atom. The van der Waals surface area contributed by atoms with Gasteiger partial charge in [0.1, 0.15) is 9.71 Å². The molecule has 6 heteroatoms. The highest BCUT2D eigenvalue weighted by Gasteiger charge is 2.15. The van der Waals surface area contributed by atoms with Crippen LogP contribution < -0.4 is 5.73 Å². The molecule has 0 saturated carbocycles. The summed E-state index contributed by atoms with van der Waals surface area (Å²) in [6.07, 6.45) is 7.08. The second kappa shape index (κ2) is 4.89. The van der Waals surface area contributed by atoms with Crippen LogP contribution in [-0.4, -0.2) is 9.91 Å².